The van der Waals surface area contributed by atoms with Gasteiger partial charge in [0.2, 0.25) is 11.6 Å². The van der Waals surface area contributed by atoms with Gasteiger partial charge < -0.3 is 38.8 Å². The van der Waals surface area contributed by atoms with Crippen molar-refractivity contribution in [3.05, 3.63) is 113 Å². The molecule has 10 heteroatoms. The summed E-state index contributed by atoms with van der Waals surface area (Å²) in [7, 11) is 6.24. The fraction of sp³-hybridized carbons (Fsp3) is 0.297. The maximum Gasteiger partial charge on any atom is 0.252 e. The van der Waals surface area contributed by atoms with Crippen molar-refractivity contribution >= 4 is 11.8 Å². The second-order valence-corrected chi connectivity index (χ2v) is 10.9. The third-order valence-electron chi connectivity index (χ3n) is 7.92. The number of carbonyl (C=O) groups is 1. The number of hydrogen-bond donors (Lipinski definition) is 2. The number of methoxy groups -OCH3 is 4. The first-order valence-corrected chi connectivity index (χ1v) is 15.3. The van der Waals surface area contributed by atoms with E-state index in [1.165, 1.54) is 0 Å². The SMILES string of the molecule is COc1cccc([C@H]2OC(c3ccc(OCCCO)cc3)=N[C@@]2(Cc2ccccc2)C(=O)NCc2cc(OC)c(OC)c(OC)c2)c1. The molecule has 0 fully saturated rings. The summed E-state index contributed by atoms with van der Waals surface area (Å²) in [5.74, 6) is 2.74. The van der Waals surface area contributed by atoms with Gasteiger partial charge in [0.15, 0.2) is 23.1 Å². The van der Waals surface area contributed by atoms with Crippen molar-refractivity contribution in [1.29, 1.82) is 0 Å². The quantitative estimate of drug-likeness (QED) is 0.168. The summed E-state index contributed by atoms with van der Waals surface area (Å²) >= 11 is 0. The Morgan fingerprint density at radius 3 is 2.19 bits per heavy atom. The van der Waals surface area contributed by atoms with E-state index >= 15 is 0 Å². The molecule has 0 aromatic heterocycles. The molecule has 246 valence electrons. The minimum atomic E-state index is -1.39. The standard InChI is InChI=1S/C37H40N2O8/c1-42-30-13-8-12-28(22-30)34-37(23-25-10-6-5-7-11-25,39-35(47-34)27-14-16-29(17-15-27)46-19-9-18-40)36(41)38-24-26-20-31(43-2)33(45-4)32(21-26)44-3/h5-8,10-17,20-22,34,40H,9,18-19,23-24H2,1-4H3,(H,38,41)/t34-,37-/m1/s1. The zero-order valence-electron chi connectivity index (χ0n) is 27.0. The molecule has 2 atom stereocenters. The van der Waals surface area contributed by atoms with Crippen LogP contribution in [0.4, 0.5) is 0 Å². The molecule has 0 aliphatic carbocycles. The third-order valence-corrected chi connectivity index (χ3v) is 7.92. The normalized spacial score (nSPS) is 16.9. The summed E-state index contributed by atoms with van der Waals surface area (Å²) in [5.41, 5.74) is 1.72. The van der Waals surface area contributed by atoms with Gasteiger partial charge in [-0.05, 0) is 65.2 Å². The Bertz CT molecular complexity index is 1650. The van der Waals surface area contributed by atoms with E-state index in [9.17, 15) is 4.79 Å². The fourth-order valence-electron chi connectivity index (χ4n) is 5.57. The van der Waals surface area contributed by atoms with E-state index in [0.29, 0.717) is 53.2 Å². The largest absolute Gasteiger partial charge is 0.497 e. The van der Waals surface area contributed by atoms with Crippen LogP contribution in [0.3, 0.4) is 0 Å². The molecule has 2 N–H and O–H groups in total. The first kappa shape index (κ1) is 33.2. The van der Waals surface area contributed by atoms with Crippen LogP contribution in [-0.4, -0.2) is 64.1 Å². The second-order valence-electron chi connectivity index (χ2n) is 10.9. The predicted octanol–water partition coefficient (Wildman–Crippen LogP) is 5.30. The smallest absolute Gasteiger partial charge is 0.252 e. The minimum absolute atomic E-state index is 0.0551. The van der Waals surface area contributed by atoms with Gasteiger partial charge in [-0.3, -0.25) is 4.79 Å². The molecule has 0 unspecified atom stereocenters. The molecular formula is C37H40N2O8. The highest BCUT2D eigenvalue weighted by molar-refractivity contribution is 6.01. The number of aliphatic hydroxyl groups is 1. The third kappa shape index (κ3) is 7.44. The van der Waals surface area contributed by atoms with Gasteiger partial charge in [-0.15, -0.1) is 0 Å². The number of hydrogen-bond acceptors (Lipinski definition) is 9. The average Bonchev–Trinajstić information content (AvgIpc) is 3.51. The number of benzene rings is 4. The topological polar surface area (TPSA) is 117 Å². The molecule has 10 nitrogen and oxygen atoms in total. The molecule has 0 spiro atoms. The number of rotatable bonds is 15. The van der Waals surface area contributed by atoms with E-state index in [2.05, 4.69) is 5.32 Å². The number of nitrogens with one attached hydrogen (secondary N) is 1. The van der Waals surface area contributed by atoms with E-state index in [1.54, 1.807) is 40.6 Å². The minimum Gasteiger partial charge on any atom is -0.497 e. The van der Waals surface area contributed by atoms with Crippen LogP contribution in [0.1, 0.15) is 34.8 Å². The molecule has 4 aromatic rings. The molecule has 1 aliphatic heterocycles. The van der Waals surface area contributed by atoms with Crippen molar-refractivity contribution in [3.8, 4) is 28.7 Å². The Labute approximate surface area is 274 Å². The van der Waals surface area contributed by atoms with Gasteiger partial charge in [-0.2, -0.15) is 0 Å². The number of aliphatic hydroxyl groups excluding tert-OH is 1. The monoisotopic (exact) mass is 640 g/mol. The zero-order valence-corrected chi connectivity index (χ0v) is 27.0. The Balaban J connectivity index is 1.56. The number of nitrogens with zero attached hydrogens (tertiary/aromatic N) is 1. The number of aliphatic imine (C=N–C) groups is 1. The molecule has 1 amide bonds. The summed E-state index contributed by atoms with van der Waals surface area (Å²) in [4.78, 5) is 19.7. The first-order chi connectivity index (χ1) is 22.9. The van der Waals surface area contributed by atoms with Crippen LogP contribution in [0.5, 0.6) is 28.7 Å². The number of amides is 1. The molecule has 4 aromatic carbocycles. The average molecular weight is 641 g/mol. The summed E-state index contributed by atoms with van der Waals surface area (Å²) in [6, 6.07) is 28.2. The van der Waals surface area contributed by atoms with E-state index in [-0.39, 0.29) is 25.5 Å². The summed E-state index contributed by atoms with van der Waals surface area (Å²) in [6.45, 7) is 0.624. The van der Waals surface area contributed by atoms with E-state index in [0.717, 1.165) is 16.7 Å². The Hall–Kier alpha value is -5.22. The highest BCUT2D eigenvalue weighted by Crippen LogP contribution is 2.44. The molecule has 5 rings (SSSR count). The highest BCUT2D eigenvalue weighted by Gasteiger charge is 2.53. The Kier molecular flexibility index (Phi) is 10.8. The fourth-order valence-corrected chi connectivity index (χ4v) is 5.57. The second kappa shape index (κ2) is 15.4. The molecule has 0 radical (unpaired) electrons. The Morgan fingerprint density at radius 1 is 0.830 bits per heavy atom. The van der Waals surface area contributed by atoms with Crippen molar-refractivity contribution in [3.63, 3.8) is 0 Å². The highest BCUT2D eigenvalue weighted by atomic mass is 16.5. The van der Waals surface area contributed by atoms with Crippen LogP contribution in [0, 0.1) is 0 Å². The van der Waals surface area contributed by atoms with E-state index < -0.39 is 11.6 Å². The van der Waals surface area contributed by atoms with Crippen molar-refractivity contribution < 1.29 is 38.3 Å². The van der Waals surface area contributed by atoms with Gasteiger partial charge in [0.25, 0.3) is 5.91 Å². The number of carbonyl (C=O) groups excluding carboxylic acids is 1. The lowest BCUT2D eigenvalue weighted by Gasteiger charge is -2.31. The first-order valence-electron chi connectivity index (χ1n) is 15.3. The molecule has 0 bridgehead atoms. The van der Waals surface area contributed by atoms with Crippen LogP contribution in [-0.2, 0) is 22.5 Å². The van der Waals surface area contributed by atoms with Gasteiger partial charge in [0, 0.05) is 31.6 Å². The van der Waals surface area contributed by atoms with Crippen molar-refractivity contribution in [2.45, 2.75) is 31.0 Å². The van der Waals surface area contributed by atoms with Gasteiger partial charge in [-0.25, -0.2) is 4.99 Å². The van der Waals surface area contributed by atoms with E-state index in [4.69, 9.17) is 38.5 Å². The van der Waals surface area contributed by atoms with Crippen molar-refractivity contribution in [2.75, 3.05) is 41.7 Å². The van der Waals surface area contributed by atoms with Gasteiger partial charge in [0.1, 0.15) is 11.5 Å². The molecule has 1 aliphatic rings. The summed E-state index contributed by atoms with van der Waals surface area (Å²) in [5, 5.41) is 12.2. The molecule has 0 saturated carbocycles. The zero-order chi connectivity index (χ0) is 33.2. The van der Waals surface area contributed by atoms with Crippen LogP contribution in [0.2, 0.25) is 0 Å². The lowest BCUT2D eigenvalue weighted by molar-refractivity contribution is -0.129. The lowest BCUT2D eigenvalue weighted by Crippen LogP contribution is -2.49. The molecule has 0 saturated heterocycles. The maximum absolute atomic E-state index is 14.6. The number of ether oxygens (including phenoxy) is 6. The van der Waals surface area contributed by atoms with Crippen molar-refractivity contribution in [1.82, 2.24) is 5.32 Å². The van der Waals surface area contributed by atoms with Gasteiger partial charge >= 0.3 is 0 Å². The maximum atomic E-state index is 14.6. The van der Waals surface area contributed by atoms with E-state index in [1.807, 2.05) is 78.9 Å². The van der Waals surface area contributed by atoms with Gasteiger partial charge in [0.05, 0.1) is 35.0 Å². The van der Waals surface area contributed by atoms with Crippen LogP contribution in [0.15, 0.2) is 96.0 Å². The summed E-state index contributed by atoms with van der Waals surface area (Å²) in [6.07, 6.45) is 0.0172. The Morgan fingerprint density at radius 2 is 1.55 bits per heavy atom. The van der Waals surface area contributed by atoms with Crippen LogP contribution in [0.25, 0.3) is 0 Å². The molecule has 47 heavy (non-hydrogen) atoms. The molecule has 1 heterocycles. The van der Waals surface area contributed by atoms with Crippen LogP contribution < -0.4 is 29.0 Å². The van der Waals surface area contributed by atoms with Gasteiger partial charge in [-0.1, -0.05) is 42.5 Å². The predicted molar refractivity (Wildman–Crippen MR) is 178 cm³/mol. The molecular weight excluding hydrogens is 600 g/mol. The van der Waals surface area contributed by atoms with Crippen LogP contribution >= 0.6 is 0 Å². The van der Waals surface area contributed by atoms with Crippen molar-refractivity contribution in [2.24, 2.45) is 4.99 Å². The summed E-state index contributed by atoms with van der Waals surface area (Å²) < 4.78 is 34.4. The lowest BCUT2D eigenvalue weighted by atomic mass is 9.82.